The van der Waals surface area contributed by atoms with Crippen LogP contribution in [0.3, 0.4) is 0 Å². The highest BCUT2D eigenvalue weighted by Gasteiger charge is 2.30. The van der Waals surface area contributed by atoms with Crippen LogP contribution < -0.4 is 10.1 Å². The number of carbonyl (C=O) groups is 1. The van der Waals surface area contributed by atoms with Crippen LogP contribution in [0.15, 0.2) is 48.5 Å². The highest BCUT2D eigenvalue weighted by Crippen LogP contribution is 2.38. The summed E-state index contributed by atoms with van der Waals surface area (Å²) in [6, 6.07) is 15.5. The van der Waals surface area contributed by atoms with Crippen molar-refractivity contribution in [2.75, 3.05) is 5.32 Å². The highest BCUT2D eigenvalue weighted by atomic mass is 35.5. The molecule has 1 aliphatic heterocycles. The van der Waals surface area contributed by atoms with E-state index < -0.39 is 0 Å². The molecule has 6 heteroatoms. The van der Waals surface area contributed by atoms with E-state index in [4.69, 9.17) is 16.3 Å². The summed E-state index contributed by atoms with van der Waals surface area (Å²) in [4.78, 5) is 12.0. The van der Waals surface area contributed by atoms with Crippen LogP contribution in [0.4, 0.5) is 5.82 Å². The molecule has 2 heterocycles. The van der Waals surface area contributed by atoms with Gasteiger partial charge in [-0.2, -0.15) is 5.10 Å². The molecule has 1 unspecified atom stereocenters. The largest absolute Gasteiger partial charge is 0.489 e. The molecule has 0 aliphatic carbocycles. The van der Waals surface area contributed by atoms with Gasteiger partial charge in [-0.05, 0) is 30.7 Å². The number of carbonyl (C=O) groups excluding carboxylic acids is 1. The van der Waals surface area contributed by atoms with Crippen LogP contribution in [0.25, 0.3) is 0 Å². The molecule has 132 valence electrons. The molecule has 0 spiro atoms. The summed E-state index contributed by atoms with van der Waals surface area (Å²) in [5, 5.41) is 10.6. The molecule has 0 saturated carbocycles. The average Bonchev–Trinajstić information content (AvgIpc) is 3.01. The van der Waals surface area contributed by atoms with E-state index in [2.05, 4.69) is 15.5 Å². The summed E-state index contributed by atoms with van der Waals surface area (Å²) in [6.45, 7) is 2.38. The monoisotopic (exact) mass is 367 g/mol. The summed E-state index contributed by atoms with van der Waals surface area (Å²) in [7, 11) is 0. The van der Waals surface area contributed by atoms with E-state index in [-0.39, 0.29) is 11.8 Å². The Morgan fingerprint density at radius 3 is 2.73 bits per heavy atom. The van der Waals surface area contributed by atoms with Gasteiger partial charge in [-0.3, -0.25) is 9.89 Å². The number of benzene rings is 2. The van der Waals surface area contributed by atoms with Crippen molar-refractivity contribution in [2.24, 2.45) is 0 Å². The van der Waals surface area contributed by atoms with Crippen LogP contribution >= 0.6 is 11.6 Å². The van der Waals surface area contributed by atoms with Gasteiger partial charge in [-0.1, -0.05) is 41.9 Å². The van der Waals surface area contributed by atoms with Gasteiger partial charge in [0.1, 0.15) is 12.4 Å². The van der Waals surface area contributed by atoms with E-state index in [1.54, 1.807) is 0 Å². The number of aryl methyl sites for hydroxylation is 1. The van der Waals surface area contributed by atoms with Gasteiger partial charge in [-0.25, -0.2) is 0 Å². The number of ether oxygens (including phenoxy) is 1. The van der Waals surface area contributed by atoms with Gasteiger partial charge in [0.25, 0.3) is 0 Å². The number of fused-ring (bicyclic) bond motifs is 1. The quantitative estimate of drug-likeness (QED) is 0.717. The van der Waals surface area contributed by atoms with Crippen molar-refractivity contribution in [3.8, 4) is 5.75 Å². The third-order valence-electron chi connectivity index (χ3n) is 4.62. The number of rotatable bonds is 4. The van der Waals surface area contributed by atoms with Crippen molar-refractivity contribution < 1.29 is 9.53 Å². The second-order valence-corrected chi connectivity index (χ2v) is 6.77. The first-order valence-corrected chi connectivity index (χ1v) is 8.80. The van der Waals surface area contributed by atoms with Crippen molar-refractivity contribution in [3.05, 3.63) is 75.9 Å². The normalized spacial score (nSPS) is 16.1. The molecule has 4 rings (SSSR count). The summed E-state index contributed by atoms with van der Waals surface area (Å²) >= 11 is 6.16. The zero-order valence-corrected chi connectivity index (χ0v) is 15.0. The maximum atomic E-state index is 12.0. The Hall–Kier alpha value is -2.79. The number of nitrogens with zero attached hydrogens (tertiary/aromatic N) is 1. The van der Waals surface area contributed by atoms with E-state index in [9.17, 15) is 4.79 Å². The van der Waals surface area contributed by atoms with Crippen LogP contribution in [-0.4, -0.2) is 16.1 Å². The number of aromatic nitrogens is 2. The third kappa shape index (κ3) is 3.18. The molecule has 26 heavy (non-hydrogen) atoms. The van der Waals surface area contributed by atoms with E-state index in [0.717, 1.165) is 28.1 Å². The highest BCUT2D eigenvalue weighted by molar-refractivity contribution is 6.31. The SMILES string of the molecule is Cc1[nH]nc2c1C(c1ccc(OCc3ccccc3Cl)cc1)CC(=O)N2. The Morgan fingerprint density at radius 2 is 1.96 bits per heavy atom. The van der Waals surface area contributed by atoms with E-state index in [1.165, 1.54) is 0 Å². The summed E-state index contributed by atoms with van der Waals surface area (Å²) in [5.41, 5.74) is 4.04. The molecule has 0 bridgehead atoms. The topological polar surface area (TPSA) is 67.0 Å². The maximum absolute atomic E-state index is 12.0. The predicted molar refractivity (Wildman–Crippen MR) is 101 cm³/mol. The summed E-state index contributed by atoms with van der Waals surface area (Å²) in [5.74, 6) is 1.36. The molecule has 3 aromatic rings. The minimum Gasteiger partial charge on any atom is -0.489 e. The molecule has 0 fully saturated rings. The van der Waals surface area contributed by atoms with Crippen LogP contribution in [-0.2, 0) is 11.4 Å². The summed E-state index contributed by atoms with van der Waals surface area (Å²) < 4.78 is 5.83. The number of anilines is 1. The van der Waals surface area contributed by atoms with E-state index in [0.29, 0.717) is 23.9 Å². The predicted octanol–water partition coefficient (Wildman–Crippen LogP) is 4.42. The molecule has 0 saturated heterocycles. The fourth-order valence-electron chi connectivity index (χ4n) is 3.29. The van der Waals surface area contributed by atoms with Gasteiger partial charge < -0.3 is 10.1 Å². The lowest BCUT2D eigenvalue weighted by Gasteiger charge is -2.23. The number of hydrogen-bond acceptors (Lipinski definition) is 3. The molecule has 2 N–H and O–H groups in total. The number of nitrogens with one attached hydrogen (secondary N) is 2. The second-order valence-electron chi connectivity index (χ2n) is 6.36. The Balaban J connectivity index is 1.52. The van der Waals surface area contributed by atoms with Crippen molar-refractivity contribution in [3.63, 3.8) is 0 Å². The average molecular weight is 368 g/mol. The zero-order valence-electron chi connectivity index (χ0n) is 14.3. The lowest BCUT2D eigenvalue weighted by molar-refractivity contribution is -0.116. The first-order valence-electron chi connectivity index (χ1n) is 8.42. The Labute approximate surface area is 156 Å². The molecule has 2 aromatic carbocycles. The second kappa shape index (κ2) is 6.84. The molecule has 1 amide bonds. The number of H-pyrrole nitrogens is 1. The Morgan fingerprint density at radius 1 is 1.19 bits per heavy atom. The van der Waals surface area contributed by atoms with Crippen LogP contribution in [0.1, 0.15) is 34.7 Å². The lowest BCUT2D eigenvalue weighted by atomic mass is 9.86. The standard InChI is InChI=1S/C20H18ClN3O2/c1-12-19-16(10-18(25)22-20(19)24-23-12)13-6-8-15(9-7-13)26-11-14-4-2-3-5-17(14)21/h2-9,16H,10-11H2,1H3,(H2,22,23,24,25). The van der Waals surface area contributed by atoms with Crippen molar-refractivity contribution in [2.45, 2.75) is 25.9 Å². The molecule has 1 aliphatic rings. The Kier molecular flexibility index (Phi) is 4.39. The van der Waals surface area contributed by atoms with Gasteiger partial charge in [0.2, 0.25) is 5.91 Å². The van der Waals surface area contributed by atoms with Gasteiger partial charge in [-0.15, -0.1) is 0 Å². The van der Waals surface area contributed by atoms with Crippen molar-refractivity contribution in [1.29, 1.82) is 0 Å². The Bertz CT molecular complexity index is 950. The van der Waals surface area contributed by atoms with E-state index >= 15 is 0 Å². The van der Waals surface area contributed by atoms with Gasteiger partial charge in [0, 0.05) is 34.2 Å². The smallest absolute Gasteiger partial charge is 0.226 e. The van der Waals surface area contributed by atoms with Gasteiger partial charge in [0.05, 0.1) is 0 Å². The fourth-order valence-corrected chi connectivity index (χ4v) is 3.48. The van der Waals surface area contributed by atoms with E-state index in [1.807, 2.05) is 55.5 Å². The van der Waals surface area contributed by atoms with Crippen molar-refractivity contribution in [1.82, 2.24) is 10.2 Å². The molecule has 0 radical (unpaired) electrons. The number of halogens is 1. The fraction of sp³-hybridized carbons (Fsp3) is 0.200. The molecule has 1 aromatic heterocycles. The van der Waals surface area contributed by atoms with Gasteiger partial charge in [0.15, 0.2) is 5.82 Å². The zero-order chi connectivity index (χ0) is 18.1. The maximum Gasteiger partial charge on any atom is 0.226 e. The van der Waals surface area contributed by atoms with Gasteiger partial charge >= 0.3 is 0 Å². The number of aromatic amines is 1. The minimum atomic E-state index is -0.0203. The first-order chi connectivity index (χ1) is 12.6. The van der Waals surface area contributed by atoms with Crippen molar-refractivity contribution >= 4 is 23.3 Å². The summed E-state index contributed by atoms with van der Waals surface area (Å²) in [6.07, 6.45) is 0.410. The molecular formula is C20H18ClN3O2. The first kappa shape index (κ1) is 16.7. The molecule has 1 atom stereocenters. The lowest BCUT2D eigenvalue weighted by Crippen LogP contribution is -2.23. The van der Waals surface area contributed by atoms with Crippen LogP contribution in [0.5, 0.6) is 5.75 Å². The molecular weight excluding hydrogens is 350 g/mol. The number of hydrogen-bond donors (Lipinski definition) is 2. The minimum absolute atomic E-state index is 0.00452. The van der Waals surface area contributed by atoms with Crippen LogP contribution in [0.2, 0.25) is 5.02 Å². The number of amides is 1. The third-order valence-corrected chi connectivity index (χ3v) is 4.99. The van der Waals surface area contributed by atoms with Crippen LogP contribution in [0, 0.1) is 6.92 Å². The molecule has 5 nitrogen and oxygen atoms in total.